The molecule has 0 unspecified atom stereocenters. The third kappa shape index (κ3) is 7.07. The Morgan fingerprint density at radius 3 is 2.17 bits per heavy atom. The summed E-state index contributed by atoms with van der Waals surface area (Å²) in [6.07, 6.45) is 0. The van der Waals surface area contributed by atoms with E-state index in [2.05, 4.69) is 29.2 Å². The summed E-state index contributed by atoms with van der Waals surface area (Å²) in [5, 5.41) is 0. The SMILES string of the molecule is CCOCCOc1ccc(OCC(=O)N2CCN(Cc3ccccc3)CC2)cc1. The van der Waals surface area contributed by atoms with Gasteiger partial charge in [0.2, 0.25) is 0 Å². The first-order valence-corrected chi connectivity index (χ1v) is 10.2. The fraction of sp³-hybridized carbons (Fsp3) is 0.435. The van der Waals surface area contributed by atoms with Gasteiger partial charge in [0.15, 0.2) is 6.61 Å². The van der Waals surface area contributed by atoms with Crippen LogP contribution in [0.3, 0.4) is 0 Å². The van der Waals surface area contributed by atoms with Gasteiger partial charge in [0.05, 0.1) is 6.61 Å². The summed E-state index contributed by atoms with van der Waals surface area (Å²) in [7, 11) is 0. The second-order valence-corrected chi connectivity index (χ2v) is 6.95. The topological polar surface area (TPSA) is 51.2 Å². The van der Waals surface area contributed by atoms with E-state index < -0.39 is 0 Å². The van der Waals surface area contributed by atoms with Gasteiger partial charge in [-0.05, 0) is 36.8 Å². The summed E-state index contributed by atoms with van der Waals surface area (Å²) < 4.78 is 16.5. The van der Waals surface area contributed by atoms with Gasteiger partial charge in [-0.25, -0.2) is 0 Å². The van der Waals surface area contributed by atoms with Crippen LogP contribution in [-0.2, 0) is 16.1 Å². The van der Waals surface area contributed by atoms with Crippen molar-refractivity contribution in [3.63, 3.8) is 0 Å². The maximum absolute atomic E-state index is 12.5. The van der Waals surface area contributed by atoms with Crippen LogP contribution < -0.4 is 9.47 Å². The van der Waals surface area contributed by atoms with Gasteiger partial charge in [-0.2, -0.15) is 0 Å². The number of carbonyl (C=O) groups is 1. The third-order valence-corrected chi connectivity index (χ3v) is 4.86. The van der Waals surface area contributed by atoms with E-state index in [1.165, 1.54) is 5.56 Å². The zero-order chi connectivity index (χ0) is 20.3. The van der Waals surface area contributed by atoms with Gasteiger partial charge >= 0.3 is 0 Å². The van der Waals surface area contributed by atoms with E-state index in [9.17, 15) is 4.79 Å². The molecule has 6 heteroatoms. The molecule has 0 atom stereocenters. The van der Waals surface area contributed by atoms with E-state index in [4.69, 9.17) is 14.2 Å². The molecule has 1 amide bonds. The summed E-state index contributed by atoms with van der Waals surface area (Å²) >= 11 is 0. The average molecular weight is 399 g/mol. The Balaban J connectivity index is 1.35. The Bertz CT molecular complexity index is 728. The summed E-state index contributed by atoms with van der Waals surface area (Å²) in [4.78, 5) is 16.7. The number of carbonyl (C=O) groups excluding carboxylic acids is 1. The van der Waals surface area contributed by atoms with Crippen molar-refractivity contribution in [2.24, 2.45) is 0 Å². The minimum absolute atomic E-state index is 0.0291. The molecule has 1 aliphatic heterocycles. The smallest absolute Gasteiger partial charge is 0.260 e. The van der Waals surface area contributed by atoms with Crippen LogP contribution in [0.4, 0.5) is 0 Å². The minimum Gasteiger partial charge on any atom is -0.491 e. The predicted molar refractivity (Wildman–Crippen MR) is 112 cm³/mol. The summed E-state index contributed by atoms with van der Waals surface area (Å²) in [5.74, 6) is 1.46. The molecule has 1 fully saturated rings. The summed E-state index contributed by atoms with van der Waals surface area (Å²) in [6, 6.07) is 17.8. The number of amides is 1. The Morgan fingerprint density at radius 2 is 1.52 bits per heavy atom. The molecule has 2 aromatic rings. The predicted octanol–water partition coefficient (Wildman–Crippen LogP) is 2.83. The Labute approximate surface area is 173 Å². The lowest BCUT2D eigenvalue weighted by Gasteiger charge is -2.34. The van der Waals surface area contributed by atoms with Crippen LogP contribution in [-0.4, -0.2) is 68.3 Å². The lowest BCUT2D eigenvalue weighted by molar-refractivity contribution is -0.135. The highest BCUT2D eigenvalue weighted by Gasteiger charge is 2.21. The molecule has 0 aliphatic carbocycles. The van der Waals surface area contributed by atoms with Crippen molar-refractivity contribution in [1.29, 1.82) is 0 Å². The second kappa shape index (κ2) is 11.4. The first-order valence-electron chi connectivity index (χ1n) is 10.2. The number of piperazine rings is 1. The van der Waals surface area contributed by atoms with Crippen LogP contribution in [0.1, 0.15) is 12.5 Å². The van der Waals surface area contributed by atoms with Crippen molar-refractivity contribution in [3.8, 4) is 11.5 Å². The number of nitrogens with zero attached hydrogens (tertiary/aromatic N) is 2. The van der Waals surface area contributed by atoms with Gasteiger partial charge in [0, 0.05) is 39.3 Å². The van der Waals surface area contributed by atoms with Crippen molar-refractivity contribution in [2.75, 3.05) is 52.6 Å². The van der Waals surface area contributed by atoms with Crippen LogP contribution in [0.5, 0.6) is 11.5 Å². The van der Waals surface area contributed by atoms with E-state index in [1.54, 1.807) is 0 Å². The molecule has 1 heterocycles. The second-order valence-electron chi connectivity index (χ2n) is 6.95. The summed E-state index contributed by atoms with van der Waals surface area (Å²) in [6.45, 7) is 7.96. The first kappa shape index (κ1) is 21.1. The van der Waals surface area contributed by atoms with Crippen molar-refractivity contribution in [2.45, 2.75) is 13.5 Å². The van der Waals surface area contributed by atoms with Gasteiger partial charge in [0.1, 0.15) is 18.1 Å². The molecule has 0 N–H and O–H groups in total. The fourth-order valence-corrected chi connectivity index (χ4v) is 3.23. The van der Waals surface area contributed by atoms with Crippen molar-refractivity contribution in [1.82, 2.24) is 9.80 Å². The lowest BCUT2D eigenvalue weighted by atomic mass is 10.2. The molecule has 156 valence electrons. The van der Waals surface area contributed by atoms with E-state index in [0.29, 0.717) is 25.6 Å². The number of hydrogen-bond acceptors (Lipinski definition) is 5. The molecule has 1 saturated heterocycles. The zero-order valence-electron chi connectivity index (χ0n) is 17.1. The van der Waals surface area contributed by atoms with E-state index >= 15 is 0 Å². The van der Waals surface area contributed by atoms with Crippen molar-refractivity contribution >= 4 is 5.91 Å². The molecule has 3 rings (SSSR count). The van der Waals surface area contributed by atoms with E-state index in [-0.39, 0.29) is 12.5 Å². The molecule has 0 aromatic heterocycles. The lowest BCUT2D eigenvalue weighted by Crippen LogP contribution is -2.49. The van der Waals surface area contributed by atoms with Gasteiger partial charge in [-0.15, -0.1) is 0 Å². The monoisotopic (exact) mass is 398 g/mol. The Kier molecular flexibility index (Phi) is 8.34. The number of benzene rings is 2. The van der Waals surface area contributed by atoms with E-state index in [1.807, 2.05) is 42.2 Å². The number of rotatable bonds is 10. The van der Waals surface area contributed by atoms with Gasteiger partial charge in [0.25, 0.3) is 5.91 Å². The Morgan fingerprint density at radius 1 is 0.862 bits per heavy atom. The molecule has 0 bridgehead atoms. The van der Waals surface area contributed by atoms with Crippen LogP contribution in [0.2, 0.25) is 0 Å². The molecular formula is C23H30N2O4. The van der Waals surface area contributed by atoms with Gasteiger partial charge in [-0.3, -0.25) is 9.69 Å². The van der Waals surface area contributed by atoms with Crippen LogP contribution in [0.15, 0.2) is 54.6 Å². The van der Waals surface area contributed by atoms with Crippen LogP contribution in [0, 0.1) is 0 Å². The Hall–Kier alpha value is -2.57. The number of hydrogen-bond donors (Lipinski definition) is 0. The minimum atomic E-state index is 0.0291. The van der Waals surface area contributed by atoms with Crippen molar-refractivity contribution < 1.29 is 19.0 Å². The van der Waals surface area contributed by atoms with E-state index in [0.717, 1.165) is 38.5 Å². The molecular weight excluding hydrogens is 368 g/mol. The summed E-state index contributed by atoms with van der Waals surface area (Å²) in [5.41, 5.74) is 1.31. The third-order valence-electron chi connectivity index (χ3n) is 4.86. The molecule has 29 heavy (non-hydrogen) atoms. The molecule has 2 aromatic carbocycles. The first-order chi connectivity index (χ1) is 14.2. The zero-order valence-corrected chi connectivity index (χ0v) is 17.1. The average Bonchev–Trinajstić information content (AvgIpc) is 2.77. The molecule has 0 spiro atoms. The maximum atomic E-state index is 12.5. The van der Waals surface area contributed by atoms with Gasteiger partial charge in [-0.1, -0.05) is 30.3 Å². The normalized spacial score (nSPS) is 14.6. The number of ether oxygens (including phenoxy) is 3. The molecule has 1 aliphatic rings. The van der Waals surface area contributed by atoms with Crippen molar-refractivity contribution in [3.05, 3.63) is 60.2 Å². The molecule has 0 radical (unpaired) electrons. The van der Waals surface area contributed by atoms with Gasteiger partial charge < -0.3 is 19.1 Å². The highest BCUT2D eigenvalue weighted by atomic mass is 16.5. The molecule has 0 saturated carbocycles. The van der Waals surface area contributed by atoms with Crippen LogP contribution in [0.25, 0.3) is 0 Å². The highest BCUT2D eigenvalue weighted by molar-refractivity contribution is 5.77. The molecule has 6 nitrogen and oxygen atoms in total. The maximum Gasteiger partial charge on any atom is 0.260 e. The standard InChI is InChI=1S/C23H30N2O4/c1-2-27-16-17-28-21-8-10-22(11-9-21)29-19-23(26)25-14-12-24(13-15-25)18-20-6-4-3-5-7-20/h3-11H,2,12-19H2,1H3. The van der Waals surface area contributed by atoms with Crippen LogP contribution >= 0.6 is 0 Å². The largest absolute Gasteiger partial charge is 0.491 e. The highest BCUT2D eigenvalue weighted by Crippen LogP contribution is 2.18. The fourth-order valence-electron chi connectivity index (χ4n) is 3.23. The quantitative estimate of drug-likeness (QED) is 0.576.